The molecule has 16 aromatic carbocycles. The number of rotatable bonds is 10. The van der Waals surface area contributed by atoms with Crippen LogP contribution >= 0.6 is 0 Å². The Morgan fingerprint density at radius 3 is 0.605 bits per heavy atom. The quantitative estimate of drug-likeness (QED) is 0.127. The van der Waals surface area contributed by atoms with Gasteiger partial charge in [-0.15, -0.1) is 0 Å². The fourth-order valence-corrected chi connectivity index (χ4v) is 11.8. The van der Waals surface area contributed by atoms with E-state index in [1.165, 1.54) is 122 Å². The molecule has 0 bridgehead atoms. The molecule has 0 aliphatic carbocycles. The van der Waals surface area contributed by atoms with Gasteiger partial charge in [0, 0.05) is 97.5 Å². The SMILES string of the molecule is CC.CC.CC.CC.CC.CC.CC.CC.CC.CC.CN(c1ccc2ccccc2c1)c1ccc2ccccc2c1.CN(c1ccccc1)c1ccc2cc3ccccc3cc2c1.CN(c1ccccc1)c1ccc2ccccc2c1.CN(c1ccccc1)c1cccc2ccccc12.CN(c1ccccc1)c1ccccc1. The van der Waals surface area contributed by atoms with E-state index in [-0.39, 0.29) is 0 Å². The van der Waals surface area contributed by atoms with Crippen LogP contribution in [0.2, 0.25) is 0 Å². The van der Waals surface area contributed by atoms with Crippen LogP contribution in [0, 0.1) is 0 Å². The molecule has 0 saturated carbocycles. The third-order valence-corrected chi connectivity index (χ3v) is 17.3. The van der Waals surface area contributed by atoms with Gasteiger partial charge in [0.25, 0.3) is 0 Å². The summed E-state index contributed by atoms with van der Waals surface area (Å²) in [7, 11) is 10.5. The molecule has 0 atom stereocenters. The number of para-hydroxylation sites is 5. The van der Waals surface area contributed by atoms with Gasteiger partial charge >= 0.3 is 0 Å². The summed E-state index contributed by atoms with van der Waals surface area (Å²) in [6, 6.07) is 132. The van der Waals surface area contributed by atoms with Crippen molar-refractivity contribution in [3.8, 4) is 0 Å². The molecule has 0 saturated heterocycles. The standard InChI is InChI=1S/2C21H17N.2C17H15N.C13H13N.10C2H6/c1-22(20-12-10-16-6-2-4-8-18(16)14-20)21-13-11-17-7-3-5-9-19(17)15-21;1-22(20-9-3-2-4-10-20)21-12-11-18-13-16-7-5-6-8-17(16)14-19(18)15-21;1-18(15-10-3-2-4-11-15)17-13-7-9-14-8-5-6-12-16(14)17;1-18(16-9-3-2-4-10-16)17-12-11-14-7-5-6-8-15(14)13-17;1-14(12-8-4-2-5-9-12)13-10-6-3-7-11-13;10*1-2/h2*2-15H,1H3;2*2-13H,1H3;2-11H,1H3;10*1-2H3. The second-order valence-corrected chi connectivity index (χ2v) is 23.3. The maximum absolute atomic E-state index is 2.27. The Morgan fingerprint density at radius 1 is 0.123 bits per heavy atom. The molecule has 114 heavy (non-hydrogen) atoms. The molecule has 0 N–H and O–H groups in total. The molecule has 0 aromatic heterocycles. The lowest BCUT2D eigenvalue weighted by molar-refractivity contribution is 1.21. The van der Waals surface area contributed by atoms with E-state index in [2.05, 4.69) is 406 Å². The van der Waals surface area contributed by atoms with E-state index in [4.69, 9.17) is 0 Å². The molecular weight excluding hydrogens is 1380 g/mol. The largest absolute Gasteiger partial charge is 0.345 e. The first-order valence-electron chi connectivity index (χ1n) is 42.0. The van der Waals surface area contributed by atoms with E-state index in [9.17, 15) is 0 Å². The van der Waals surface area contributed by atoms with Gasteiger partial charge in [-0.2, -0.15) is 0 Å². The molecule has 598 valence electrons. The van der Waals surface area contributed by atoms with Crippen molar-refractivity contribution in [1.29, 1.82) is 0 Å². The molecule has 0 aliphatic rings. The normalized spacial score (nSPS) is 9.27. The van der Waals surface area contributed by atoms with Crippen molar-refractivity contribution in [3.05, 3.63) is 376 Å². The summed E-state index contributed by atoms with van der Waals surface area (Å²) in [6.45, 7) is 40.0. The zero-order chi connectivity index (χ0) is 84.4. The maximum Gasteiger partial charge on any atom is 0.0487 e. The van der Waals surface area contributed by atoms with Crippen molar-refractivity contribution in [2.45, 2.75) is 138 Å². The van der Waals surface area contributed by atoms with Crippen LogP contribution in [0.1, 0.15) is 138 Å². The lowest BCUT2D eigenvalue weighted by atomic mass is 10.0. The van der Waals surface area contributed by atoms with Crippen molar-refractivity contribution in [1.82, 2.24) is 0 Å². The average molecular weight is 1520 g/mol. The predicted molar refractivity (Wildman–Crippen MR) is 523 cm³/mol. The number of hydrogen-bond acceptors (Lipinski definition) is 5. The van der Waals surface area contributed by atoms with Crippen molar-refractivity contribution in [2.75, 3.05) is 59.7 Å². The van der Waals surface area contributed by atoms with Crippen LogP contribution in [-0.2, 0) is 0 Å². The number of fused-ring (bicyclic) bond motifs is 6. The molecule has 0 unspecified atom stereocenters. The van der Waals surface area contributed by atoms with Gasteiger partial charge in [0.15, 0.2) is 0 Å². The van der Waals surface area contributed by atoms with E-state index in [0.29, 0.717) is 0 Å². The second kappa shape index (κ2) is 58.9. The Hall–Kier alpha value is -11.9. The molecule has 0 heterocycles. The van der Waals surface area contributed by atoms with Gasteiger partial charge in [0.2, 0.25) is 0 Å². The fourth-order valence-electron chi connectivity index (χ4n) is 11.8. The van der Waals surface area contributed by atoms with Gasteiger partial charge < -0.3 is 24.5 Å². The van der Waals surface area contributed by atoms with Crippen LogP contribution in [-0.4, -0.2) is 35.2 Å². The first-order valence-corrected chi connectivity index (χ1v) is 42.0. The zero-order valence-corrected chi connectivity index (χ0v) is 74.0. The number of hydrogen-bond donors (Lipinski definition) is 0. The third-order valence-electron chi connectivity index (χ3n) is 17.3. The average Bonchev–Trinajstić information content (AvgIpc) is 0.805. The lowest BCUT2D eigenvalue weighted by Gasteiger charge is -2.21. The Morgan fingerprint density at radius 2 is 0.307 bits per heavy atom. The molecule has 5 nitrogen and oxygen atoms in total. The summed E-state index contributed by atoms with van der Waals surface area (Å²) in [5, 5.41) is 15.3. The first kappa shape index (κ1) is 98.2. The summed E-state index contributed by atoms with van der Waals surface area (Å²) in [5.41, 5.74) is 12.1. The molecule has 0 aliphatic heterocycles. The first-order chi connectivity index (χ1) is 56.2. The Bertz CT molecular complexity index is 4930. The van der Waals surface area contributed by atoms with Gasteiger partial charge in [0.05, 0.1) is 0 Å². The molecule has 16 rings (SSSR count). The Labute approximate surface area is 691 Å². The van der Waals surface area contributed by atoms with Crippen LogP contribution in [0.15, 0.2) is 376 Å². The van der Waals surface area contributed by atoms with Crippen LogP contribution in [0.4, 0.5) is 56.9 Å². The number of nitrogens with zero attached hydrogens (tertiary/aromatic N) is 5. The molecule has 16 aromatic rings. The highest BCUT2D eigenvalue weighted by atomic mass is 15.1. The fraction of sp³-hybridized carbons (Fsp3) is 0.229. The molecule has 0 spiro atoms. The maximum atomic E-state index is 2.27. The summed E-state index contributed by atoms with van der Waals surface area (Å²) >= 11 is 0. The second-order valence-electron chi connectivity index (χ2n) is 23.3. The van der Waals surface area contributed by atoms with E-state index >= 15 is 0 Å². The highest BCUT2D eigenvalue weighted by molar-refractivity contribution is 6.00. The number of benzene rings is 16. The summed E-state index contributed by atoms with van der Waals surface area (Å²) < 4.78 is 0. The van der Waals surface area contributed by atoms with E-state index in [1.54, 1.807) is 0 Å². The molecule has 0 fully saturated rings. The summed E-state index contributed by atoms with van der Waals surface area (Å²) in [6.07, 6.45) is 0. The van der Waals surface area contributed by atoms with Crippen LogP contribution in [0.5, 0.6) is 0 Å². The third kappa shape index (κ3) is 30.0. The molecule has 0 amide bonds. The van der Waals surface area contributed by atoms with Crippen molar-refractivity contribution in [2.24, 2.45) is 0 Å². The van der Waals surface area contributed by atoms with E-state index < -0.39 is 0 Å². The smallest absolute Gasteiger partial charge is 0.0487 e. The lowest BCUT2D eigenvalue weighted by Crippen LogP contribution is -2.09. The monoisotopic (exact) mass is 1520 g/mol. The topological polar surface area (TPSA) is 16.2 Å². The minimum atomic E-state index is 1.20. The van der Waals surface area contributed by atoms with Crippen LogP contribution < -0.4 is 24.5 Å². The predicted octanol–water partition coefficient (Wildman–Crippen LogP) is 34.5. The van der Waals surface area contributed by atoms with Gasteiger partial charge in [0.1, 0.15) is 0 Å². The van der Waals surface area contributed by atoms with Crippen LogP contribution in [0.25, 0.3) is 64.6 Å². The van der Waals surface area contributed by atoms with Gasteiger partial charge in [-0.25, -0.2) is 0 Å². The molecule has 0 radical (unpaired) electrons. The number of anilines is 10. The van der Waals surface area contributed by atoms with Crippen molar-refractivity contribution < 1.29 is 0 Å². The van der Waals surface area contributed by atoms with Crippen molar-refractivity contribution in [3.63, 3.8) is 0 Å². The summed E-state index contributed by atoms with van der Waals surface area (Å²) in [5.74, 6) is 0. The highest BCUT2D eigenvalue weighted by Crippen LogP contribution is 2.34. The minimum Gasteiger partial charge on any atom is -0.345 e. The minimum absolute atomic E-state index is 1.20. The van der Waals surface area contributed by atoms with E-state index in [0.717, 1.165) is 0 Å². The van der Waals surface area contributed by atoms with Gasteiger partial charge in [-0.3, -0.25) is 0 Å². The zero-order valence-electron chi connectivity index (χ0n) is 74.0. The highest BCUT2D eigenvalue weighted by Gasteiger charge is 2.11. The molecular formula is C109H137N5. The van der Waals surface area contributed by atoms with Crippen LogP contribution in [0.3, 0.4) is 0 Å². The Balaban J connectivity index is 0.000000460. The summed E-state index contributed by atoms with van der Waals surface area (Å²) in [4.78, 5) is 11.0. The van der Waals surface area contributed by atoms with Crippen molar-refractivity contribution >= 4 is 122 Å². The molecule has 5 heteroatoms. The van der Waals surface area contributed by atoms with Gasteiger partial charge in [-0.1, -0.05) is 387 Å². The van der Waals surface area contributed by atoms with E-state index in [1.807, 2.05) is 169 Å². The Kier molecular flexibility index (Phi) is 50.7. The van der Waals surface area contributed by atoms with Gasteiger partial charge in [-0.05, 0) is 187 Å².